The Balaban J connectivity index is 1.87. The van der Waals surface area contributed by atoms with Crippen LogP contribution in [-0.4, -0.2) is 30.6 Å². The topological polar surface area (TPSA) is 15.3 Å². The predicted octanol–water partition coefficient (Wildman–Crippen LogP) is 3.72. The summed E-state index contributed by atoms with van der Waals surface area (Å²) in [5.74, 6) is -0.164. The van der Waals surface area contributed by atoms with E-state index in [9.17, 15) is 4.39 Å². The summed E-state index contributed by atoms with van der Waals surface area (Å²) in [5, 5.41) is 3.54. The molecule has 0 saturated carbocycles. The fraction of sp³-hybridized carbons (Fsp3) is 0.571. The maximum absolute atomic E-state index is 13.0. The van der Waals surface area contributed by atoms with Crippen molar-refractivity contribution in [2.24, 2.45) is 0 Å². The summed E-state index contributed by atoms with van der Waals surface area (Å²) >= 11 is 2.19. The van der Waals surface area contributed by atoms with Crippen LogP contribution in [0.5, 0.6) is 0 Å². The summed E-state index contributed by atoms with van der Waals surface area (Å²) in [6, 6.07) is 5.47. The zero-order valence-corrected chi connectivity index (χ0v) is 12.9. The molecular formula is C14H20FIN2. The van der Waals surface area contributed by atoms with Gasteiger partial charge in [-0.25, -0.2) is 4.39 Å². The first kappa shape index (κ1) is 14.1. The lowest BCUT2D eigenvalue weighted by atomic mass is 10.0. The van der Waals surface area contributed by atoms with Crippen LogP contribution in [0.15, 0.2) is 18.2 Å². The van der Waals surface area contributed by atoms with E-state index in [4.69, 9.17) is 0 Å². The number of hydrogen-bond acceptors (Lipinski definition) is 2. The summed E-state index contributed by atoms with van der Waals surface area (Å²) in [4.78, 5) is 2.52. The van der Waals surface area contributed by atoms with Crippen LogP contribution >= 0.6 is 22.6 Å². The second-order valence-electron chi connectivity index (χ2n) is 4.88. The molecule has 1 aromatic carbocycles. The molecule has 2 nitrogen and oxygen atoms in total. The summed E-state index contributed by atoms with van der Waals surface area (Å²) < 4.78 is 14.0. The molecule has 0 unspecified atom stereocenters. The molecule has 1 aliphatic heterocycles. The van der Waals surface area contributed by atoms with Crippen LogP contribution < -0.4 is 5.32 Å². The normalized spacial score (nSPS) is 17.9. The first-order valence-corrected chi connectivity index (χ1v) is 7.71. The maximum Gasteiger partial charge on any atom is 0.124 e. The molecule has 0 aliphatic carbocycles. The average molecular weight is 362 g/mol. The van der Waals surface area contributed by atoms with Gasteiger partial charge in [0.25, 0.3) is 0 Å². The van der Waals surface area contributed by atoms with Crippen molar-refractivity contribution in [2.45, 2.75) is 32.2 Å². The molecule has 0 atom stereocenters. The van der Waals surface area contributed by atoms with E-state index in [-0.39, 0.29) is 5.82 Å². The molecule has 18 heavy (non-hydrogen) atoms. The SMILES string of the molecule is CCCN1CCC(Nc2ccc(F)cc2I)CC1. The van der Waals surface area contributed by atoms with Gasteiger partial charge in [-0.2, -0.15) is 0 Å². The molecule has 4 heteroatoms. The van der Waals surface area contributed by atoms with E-state index in [0.29, 0.717) is 6.04 Å². The Morgan fingerprint density at radius 1 is 1.39 bits per heavy atom. The summed E-state index contributed by atoms with van der Waals surface area (Å²) in [7, 11) is 0. The molecule has 100 valence electrons. The van der Waals surface area contributed by atoms with E-state index in [1.54, 1.807) is 6.07 Å². The van der Waals surface area contributed by atoms with Gasteiger partial charge in [-0.05, 0) is 66.6 Å². The lowest BCUT2D eigenvalue weighted by Gasteiger charge is -2.32. The van der Waals surface area contributed by atoms with E-state index in [1.807, 2.05) is 6.07 Å². The zero-order valence-electron chi connectivity index (χ0n) is 10.8. The van der Waals surface area contributed by atoms with E-state index < -0.39 is 0 Å². The zero-order chi connectivity index (χ0) is 13.0. The van der Waals surface area contributed by atoms with Gasteiger partial charge in [-0.3, -0.25) is 0 Å². The van der Waals surface area contributed by atoms with Crippen LogP contribution in [0.4, 0.5) is 10.1 Å². The standard InChI is InChI=1S/C14H20FIN2/c1-2-7-18-8-5-12(6-9-18)17-14-4-3-11(15)10-13(14)16/h3-4,10,12,17H,2,5-9H2,1H3. The third kappa shape index (κ3) is 3.82. The number of halogens is 2. The third-order valence-electron chi connectivity index (χ3n) is 3.42. The Kier molecular flexibility index (Phi) is 5.24. The number of piperidine rings is 1. The highest BCUT2D eigenvalue weighted by Crippen LogP contribution is 2.22. The van der Waals surface area contributed by atoms with Gasteiger partial charge in [0.15, 0.2) is 0 Å². The number of anilines is 1. The van der Waals surface area contributed by atoms with Crippen molar-refractivity contribution in [3.8, 4) is 0 Å². The van der Waals surface area contributed by atoms with Crippen molar-refractivity contribution in [1.29, 1.82) is 0 Å². The van der Waals surface area contributed by atoms with Gasteiger partial charge in [-0.1, -0.05) is 6.92 Å². The number of likely N-dealkylation sites (tertiary alicyclic amines) is 1. The Bertz CT molecular complexity index is 389. The molecule has 1 fully saturated rings. The molecule has 0 spiro atoms. The van der Waals surface area contributed by atoms with E-state index in [0.717, 1.165) is 9.26 Å². The fourth-order valence-electron chi connectivity index (χ4n) is 2.44. The van der Waals surface area contributed by atoms with E-state index >= 15 is 0 Å². The molecule has 1 aliphatic rings. The Morgan fingerprint density at radius 2 is 2.11 bits per heavy atom. The van der Waals surface area contributed by atoms with Crippen LogP contribution in [0.3, 0.4) is 0 Å². The molecule has 0 amide bonds. The minimum atomic E-state index is -0.164. The van der Waals surface area contributed by atoms with Crippen molar-refractivity contribution >= 4 is 28.3 Å². The Labute approximate surface area is 122 Å². The Hall–Kier alpha value is -0.360. The summed E-state index contributed by atoms with van der Waals surface area (Å²) in [6.07, 6.45) is 3.58. The number of nitrogens with one attached hydrogen (secondary N) is 1. The van der Waals surface area contributed by atoms with Gasteiger partial charge in [0.1, 0.15) is 5.82 Å². The fourth-order valence-corrected chi connectivity index (χ4v) is 3.08. The van der Waals surface area contributed by atoms with Crippen LogP contribution in [0.2, 0.25) is 0 Å². The second kappa shape index (κ2) is 6.70. The van der Waals surface area contributed by atoms with Gasteiger partial charge < -0.3 is 10.2 Å². The molecule has 1 N–H and O–H groups in total. The summed E-state index contributed by atoms with van der Waals surface area (Å²) in [5.41, 5.74) is 1.06. The smallest absolute Gasteiger partial charge is 0.124 e. The number of rotatable bonds is 4. The predicted molar refractivity (Wildman–Crippen MR) is 82.5 cm³/mol. The summed E-state index contributed by atoms with van der Waals surface area (Å²) in [6.45, 7) is 5.78. The van der Waals surface area contributed by atoms with E-state index in [1.165, 1.54) is 45.0 Å². The van der Waals surface area contributed by atoms with Crippen molar-refractivity contribution < 1.29 is 4.39 Å². The van der Waals surface area contributed by atoms with Crippen LogP contribution in [0.25, 0.3) is 0 Å². The number of benzene rings is 1. The van der Waals surface area contributed by atoms with Crippen molar-refractivity contribution in [1.82, 2.24) is 4.90 Å². The van der Waals surface area contributed by atoms with Gasteiger partial charge in [0, 0.05) is 28.4 Å². The lowest BCUT2D eigenvalue weighted by molar-refractivity contribution is 0.219. The van der Waals surface area contributed by atoms with Gasteiger partial charge in [0.2, 0.25) is 0 Å². The van der Waals surface area contributed by atoms with Crippen LogP contribution in [0, 0.1) is 9.39 Å². The molecule has 2 rings (SSSR count). The monoisotopic (exact) mass is 362 g/mol. The van der Waals surface area contributed by atoms with Gasteiger partial charge >= 0.3 is 0 Å². The van der Waals surface area contributed by atoms with Crippen molar-refractivity contribution in [3.05, 3.63) is 27.6 Å². The highest BCUT2D eigenvalue weighted by atomic mass is 127. The van der Waals surface area contributed by atoms with Crippen molar-refractivity contribution in [3.63, 3.8) is 0 Å². The average Bonchev–Trinajstić information content (AvgIpc) is 2.35. The maximum atomic E-state index is 13.0. The largest absolute Gasteiger partial charge is 0.381 e. The second-order valence-corrected chi connectivity index (χ2v) is 6.05. The molecule has 1 saturated heterocycles. The minimum absolute atomic E-state index is 0.164. The molecule has 1 aromatic rings. The number of hydrogen-bond donors (Lipinski definition) is 1. The molecule has 1 heterocycles. The highest BCUT2D eigenvalue weighted by Gasteiger charge is 2.18. The first-order valence-electron chi connectivity index (χ1n) is 6.63. The Morgan fingerprint density at radius 3 is 2.72 bits per heavy atom. The first-order chi connectivity index (χ1) is 8.69. The van der Waals surface area contributed by atoms with Crippen molar-refractivity contribution in [2.75, 3.05) is 25.0 Å². The van der Waals surface area contributed by atoms with Gasteiger partial charge in [0.05, 0.1) is 0 Å². The third-order valence-corrected chi connectivity index (χ3v) is 4.31. The molecule has 0 aromatic heterocycles. The highest BCUT2D eigenvalue weighted by molar-refractivity contribution is 14.1. The minimum Gasteiger partial charge on any atom is -0.381 e. The molecule has 0 radical (unpaired) electrons. The molecule has 0 bridgehead atoms. The number of nitrogens with zero attached hydrogens (tertiary/aromatic N) is 1. The molecular weight excluding hydrogens is 342 g/mol. The quantitative estimate of drug-likeness (QED) is 0.822. The van der Waals surface area contributed by atoms with Crippen LogP contribution in [0.1, 0.15) is 26.2 Å². The van der Waals surface area contributed by atoms with Gasteiger partial charge in [-0.15, -0.1) is 0 Å². The lowest BCUT2D eigenvalue weighted by Crippen LogP contribution is -2.39. The van der Waals surface area contributed by atoms with Crippen LogP contribution in [-0.2, 0) is 0 Å². The van der Waals surface area contributed by atoms with E-state index in [2.05, 4.69) is 39.7 Å².